The zero-order valence-electron chi connectivity index (χ0n) is 15.8. The number of aryl methyl sites for hydroxylation is 1. The Labute approximate surface area is 171 Å². The summed E-state index contributed by atoms with van der Waals surface area (Å²) in [4.78, 5) is 32.4. The number of nitrogens with zero attached hydrogens (tertiary/aromatic N) is 2. The van der Waals surface area contributed by atoms with Crippen LogP contribution in [0.1, 0.15) is 46.9 Å². The van der Waals surface area contributed by atoms with Crippen molar-refractivity contribution < 1.29 is 9.53 Å². The topological polar surface area (TPSA) is 61.2 Å². The minimum Gasteiger partial charge on any atom is -0.460 e. The quantitative estimate of drug-likeness (QED) is 0.589. The molecule has 2 aromatic heterocycles. The fourth-order valence-corrected chi connectivity index (χ4v) is 5.33. The number of carbonyl (C=O) groups is 1. The predicted octanol–water partition coefficient (Wildman–Crippen LogP) is 4.46. The highest BCUT2D eigenvalue weighted by Crippen LogP contribution is 2.36. The van der Waals surface area contributed by atoms with E-state index in [0.29, 0.717) is 21.2 Å². The van der Waals surface area contributed by atoms with Gasteiger partial charge in [-0.05, 0) is 55.4 Å². The molecule has 0 saturated heterocycles. The number of ether oxygens (including phenoxy) is 1. The largest absolute Gasteiger partial charge is 0.460 e. The number of fused-ring (bicyclic) bond motifs is 3. The van der Waals surface area contributed by atoms with Crippen LogP contribution in [0, 0.1) is 5.92 Å². The van der Waals surface area contributed by atoms with Gasteiger partial charge in [0.1, 0.15) is 4.83 Å². The van der Waals surface area contributed by atoms with Crippen molar-refractivity contribution in [2.24, 2.45) is 5.92 Å². The maximum absolute atomic E-state index is 13.5. The van der Waals surface area contributed by atoms with Crippen LogP contribution in [-0.2, 0) is 24.1 Å². The van der Waals surface area contributed by atoms with Crippen molar-refractivity contribution in [3.8, 4) is 0 Å². The first-order valence-electron chi connectivity index (χ1n) is 9.44. The average Bonchev–Trinajstić information content (AvgIpc) is 3.01. The standard InChI is InChI=1S/C21H21ClN2O3S/c1-3-27-21(26)18-23-19-17(15-8-7-12(2)9-16(15)28-19)20(25)24(18)11-13-5-4-6-14(22)10-13/h4-6,10,12H,3,7-9,11H2,1-2H3. The van der Waals surface area contributed by atoms with Crippen molar-refractivity contribution in [2.45, 2.75) is 39.7 Å². The molecule has 5 nitrogen and oxygen atoms in total. The molecular formula is C21H21ClN2O3S. The Balaban J connectivity index is 1.91. The summed E-state index contributed by atoms with van der Waals surface area (Å²) >= 11 is 7.63. The predicted molar refractivity (Wildman–Crippen MR) is 112 cm³/mol. The van der Waals surface area contributed by atoms with Gasteiger partial charge in [0.15, 0.2) is 0 Å². The smallest absolute Gasteiger partial charge is 0.374 e. The number of esters is 1. The molecule has 2 heterocycles. The summed E-state index contributed by atoms with van der Waals surface area (Å²) < 4.78 is 6.60. The highest BCUT2D eigenvalue weighted by atomic mass is 35.5. The van der Waals surface area contributed by atoms with Crippen LogP contribution in [0.15, 0.2) is 29.1 Å². The number of aromatic nitrogens is 2. The summed E-state index contributed by atoms with van der Waals surface area (Å²) in [6.45, 7) is 4.41. The second kappa shape index (κ2) is 7.68. The zero-order valence-corrected chi connectivity index (χ0v) is 17.4. The lowest BCUT2D eigenvalue weighted by Gasteiger charge is -2.17. The van der Waals surface area contributed by atoms with E-state index in [0.717, 1.165) is 30.4 Å². The van der Waals surface area contributed by atoms with E-state index in [1.54, 1.807) is 19.1 Å². The molecule has 0 fully saturated rings. The van der Waals surface area contributed by atoms with E-state index >= 15 is 0 Å². The van der Waals surface area contributed by atoms with E-state index in [4.69, 9.17) is 16.3 Å². The molecule has 0 saturated carbocycles. The van der Waals surface area contributed by atoms with Crippen molar-refractivity contribution >= 4 is 39.1 Å². The van der Waals surface area contributed by atoms with Crippen LogP contribution in [0.25, 0.3) is 10.2 Å². The molecule has 7 heteroatoms. The number of carbonyl (C=O) groups excluding carboxylic acids is 1. The molecule has 1 aromatic carbocycles. The third-order valence-corrected chi connectivity index (χ3v) is 6.49. The van der Waals surface area contributed by atoms with Crippen LogP contribution in [0.4, 0.5) is 0 Å². The van der Waals surface area contributed by atoms with E-state index in [1.165, 1.54) is 20.8 Å². The van der Waals surface area contributed by atoms with Gasteiger partial charge in [0, 0.05) is 9.90 Å². The van der Waals surface area contributed by atoms with E-state index in [2.05, 4.69) is 11.9 Å². The van der Waals surface area contributed by atoms with Gasteiger partial charge >= 0.3 is 5.97 Å². The Morgan fingerprint density at radius 1 is 1.43 bits per heavy atom. The zero-order chi connectivity index (χ0) is 19.8. The molecule has 1 unspecified atom stereocenters. The lowest BCUT2D eigenvalue weighted by Crippen LogP contribution is -2.29. The summed E-state index contributed by atoms with van der Waals surface area (Å²) in [5.41, 5.74) is 1.75. The lowest BCUT2D eigenvalue weighted by atomic mass is 9.89. The van der Waals surface area contributed by atoms with Crippen LogP contribution in [0.5, 0.6) is 0 Å². The monoisotopic (exact) mass is 416 g/mol. The summed E-state index contributed by atoms with van der Waals surface area (Å²) in [6, 6.07) is 7.27. The van der Waals surface area contributed by atoms with Crippen molar-refractivity contribution in [2.75, 3.05) is 6.61 Å². The third kappa shape index (κ3) is 3.47. The molecule has 1 aliphatic carbocycles. The van der Waals surface area contributed by atoms with Gasteiger partial charge in [-0.1, -0.05) is 30.7 Å². The van der Waals surface area contributed by atoms with E-state index in [1.807, 2.05) is 12.1 Å². The fraction of sp³-hybridized carbons (Fsp3) is 0.381. The lowest BCUT2D eigenvalue weighted by molar-refractivity contribution is 0.0505. The van der Waals surface area contributed by atoms with Gasteiger partial charge in [-0.2, -0.15) is 0 Å². The number of hydrogen-bond donors (Lipinski definition) is 0. The van der Waals surface area contributed by atoms with Crippen LogP contribution in [0.2, 0.25) is 5.02 Å². The van der Waals surface area contributed by atoms with Crippen LogP contribution in [-0.4, -0.2) is 22.1 Å². The Morgan fingerprint density at radius 3 is 3.00 bits per heavy atom. The van der Waals surface area contributed by atoms with Crippen molar-refractivity contribution in [1.29, 1.82) is 0 Å². The number of benzene rings is 1. The van der Waals surface area contributed by atoms with Crippen molar-refractivity contribution in [3.05, 3.63) is 61.5 Å². The van der Waals surface area contributed by atoms with Gasteiger partial charge in [-0.25, -0.2) is 9.78 Å². The Morgan fingerprint density at radius 2 is 2.25 bits per heavy atom. The van der Waals surface area contributed by atoms with Gasteiger partial charge in [0.2, 0.25) is 5.82 Å². The van der Waals surface area contributed by atoms with Gasteiger partial charge in [0.25, 0.3) is 5.56 Å². The Hall–Kier alpha value is -2.18. The second-order valence-corrected chi connectivity index (χ2v) is 8.73. The van der Waals surface area contributed by atoms with Crippen LogP contribution in [0.3, 0.4) is 0 Å². The minimum absolute atomic E-state index is 0.0472. The molecule has 0 bridgehead atoms. The first-order valence-corrected chi connectivity index (χ1v) is 10.6. The van der Waals surface area contributed by atoms with Crippen LogP contribution >= 0.6 is 22.9 Å². The molecule has 0 spiro atoms. The molecule has 0 N–H and O–H groups in total. The number of thiophene rings is 1. The molecule has 0 amide bonds. The molecule has 0 radical (unpaired) electrons. The highest BCUT2D eigenvalue weighted by molar-refractivity contribution is 7.18. The SMILES string of the molecule is CCOC(=O)c1nc2sc3c(c2c(=O)n1Cc1cccc(Cl)c1)CCC(C)C3. The first kappa shape index (κ1) is 19.2. The average molecular weight is 417 g/mol. The normalized spacial score (nSPS) is 16.2. The molecular weight excluding hydrogens is 396 g/mol. The summed E-state index contributed by atoms with van der Waals surface area (Å²) in [5.74, 6) is 0.0630. The van der Waals surface area contributed by atoms with Crippen molar-refractivity contribution in [1.82, 2.24) is 9.55 Å². The Bertz CT molecular complexity index is 1120. The molecule has 4 rings (SSSR count). The first-order chi connectivity index (χ1) is 13.5. The molecule has 0 aliphatic heterocycles. The highest BCUT2D eigenvalue weighted by Gasteiger charge is 2.26. The molecule has 28 heavy (non-hydrogen) atoms. The van der Waals surface area contributed by atoms with Gasteiger partial charge in [-0.3, -0.25) is 9.36 Å². The number of rotatable bonds is 4. The third-order valence-electron chi connectivity index (χ3n) is 5.10. The van der Waals surface area contributed by atoms with E-state index in [-0.39, 0.29) is 24.5 Å². The number of halogens is 1. The maximum atomic E-state index is 13.5. The summed E-state index contributed by atoms with van der Waals surface area (Å²) in [6.07, 6.45) is 2.90. The van der Waals surface area contributed by atoms with Crippen molar-refractivity contribution in [3.63, 3.8) is 0 Å². The van der Waals surface area contributed by atoms with E-state index < -0.39 is 5.97 Å². The second-order valence-electron chi connectivity index (χ2n) is 7.21. The van der Waals surface area contributed by atoms with Gasteiger partial charge in [-0.15, -0.1) is 11.3 Å². The fourth-order valence-electron chi connectivity index (χ4n) is 3.74. The maximum Gasteiger partial charge on any atom is 0.374 e. The molecule has 3 aromatic rings. The molecule has 1 aliphatic rings. The van der Waals surface area contributed by atoms with Gasteiger partial charge < -0.3 is 4.74 Å². The van der Waals surface area contributed by atoms with Crippen LogP contribution < -0.4 is 5.56 Å². The Kier molecular flexibility index (Phi) is 5.25. The summed E-state index contributed by atoms with van der Waals surface area (Å²) in [7, 11) is 0. The van der Waals surface area contributed by atoms with E-state index in [9.17, 15) is 9.59 Å². The molecule has 146 valence electrons. The van der Waals surface area contributed by atoms with Gasteiger partial charge in [0.05, 0.1) is 18.5 Å². The number of hydrogen-bond acceptors (Lipinski definition) is 5. The molecule has 1 atom stereocenters. The summed E-state index contributed by atoms with van der Waals surface area (Å²) in [5, 5.41) is 1.24. The minimum atomic E-state index is -0.580.